The van der Waals surface area contributed by atoms with E-state index in [-0.39, 0.29) is 5.91 Å². The Bertz CT molecular complexity index is 607. The van der Waals surface area contributed by atoms with Crippen LogP contribution in [0, 0.1) is 6.92 Å². The molecule has 0 fully saturated rings. The Hall–Kier alpha value is -2.01. The Kier molecular flexibility index (Phi) is 5.01. The fraction of sp³-hybridized carbons (Fsp3) is 0.200. The second-order valence-corrected chi connectivity index (χ2v) is 5.23. The lowest BCUT2D eigenvalue weighted by molar-refractivity contribution is 0.0955. The van der Waals surface area contributed by atoms with Gasteiger partial charge in [-0.15, -0.1) is 18.3 Å². The highest BCUT2D eigenvalue weighted by Crippen LogP contribution is 2.26. The number of aromatic nitrogens is 1. The van der Waals surface area contributed by atoms with Crippen LogP contribution in [-0.2, 0) is 5.75 Å². The first kappa shape index (κ1) is 14.4. The standard InChI is InChI=1S/C15H16N2O2S/c1-3-8-16-15(18)13-6-4-5-7-14(13)20-10-12-9-11(2)19-17-12/h3-7,9H,1,8,10H2,2H3,(H,16,18). The highest BCUT2D eigenvalue weighted by Gasteiger charge is 2.11. The van der Waals surface area contributed by atoms with E-state index in [9.17, 15) is 4.79 Å². The van der Waals surface area contributed by atoms with Gasteiger partial charge in [-0.25, -0.2) is 0 Å². The molecule has 0 aliphatic heterocycles. The normalized spacial score (nSPS) is 10.2. The molecular formula is C15H16N2O2S. The van der Waals surface area contributed by atoms with Crippen LogP contribution in [0.15, 0.2) is 52.4 Å². The molecule has 0 radical (unpaired) electrons. The highest BCUT2D eigenvalue weighted by atomic mass is 32.2. The molecule has 4 nitrogen and oxygen atoms in total. The van der Waals surface area contributed by atoms with Crippen molar-refractivity contribution in [2.24, 2.45) is 0 Å². The summed E-state index contributed by atoms with van der Waals surface area (Å²) in [5.74, 6) is 1.37. The quantitative estimate of drug-likeness (QED) is 0.655. The van der Waals surface area contributed by atoms with Gasteiger partial charge < -0.3 is 9.84 Å². The molecule has 5 heteroatoms. The van der Waals surface area contributed by atoms with Gasteiger partial charge in [0.25, 0.3) is 5.91 Å². The molecule has 0 spiro atoms. The molecular weight excluding hydrogens is 272 g/mol. The number of aryl methyl sites for hydroxylation is 1. The van der Waals surface area contributed by atoms with Gasteiger partial charge in [-0.2, -0.15) is 0 Å². The number of benzene rings is 1. The molecule has 0 saturated heterocycles. The van der Waals surface area contributed by atoms with Crippen LogP contribution in [0.25, 0.3) is 0 Å². The molecule has 0 saturated carbocycles. The maximum Gasteiger partial charge on any atom is 0.252 e. The second kappa shape index (κ2) is 6.96. The van der Waals surface area contributed by atoms with Crippen molar-refractivity contribution in [3.8, 4) is 0 Å². The largest absolute Gasteiger partial charge is 0.361 e. The lowest BCUT2D eigenvalue weighted by Crippen LogP contribution is -2.23. The molecule has 0 bridgehead atoms. The van der Waals surface area contributed by atoms with Crippen molar-refractivity contribution < 1.29 is 9.32 Å². The first-order chi connectivity index (χ1) is 9.70. The Labute approximate surface area is 122 Å². The van der Waals surface area contributed by atoms with Crippen molar-refractivity contribution in [2.75, 3.05) is 6.54 Å². The van der Waals surface area contributed by atoms with Crippen molar-refractivity contribution in [2.45, 2.75) is 17.6 Å². The Morgan fingerprint density at radius 2 is 2.30 bits per heavy atom. The summed E-state index contributed by atoms with van der Waals surface area (Å²) in [4.78, 5) is 13.0. The molecule has 2 aromatic rings. The predicted octanol–water partition coefficient (Wildman–Crippen LogP) is 3.19. The monoisotopic (exact) mass is 288 g/mol. The second-order valence-electron chi connectivity index (χ2n) is 4.21. The van der Waals surface area contributed by atoms with Gasteiger partial charge in [0.2, 0.25) is 0 Å². The van der Waals surface area contributed by atoms with Gasteiger partial charge >= 0.3 is 0 Å². The van der Waals surface area contributed by atoms with Crippen molar-refractivity contribution in [1.82, 2.24) is 10.5 Å². The number of thioether (sulfide) groups is 1. The highest BCUT2D eigenvalue weighted by molar-refractivity contribution is 7.98. The summed E-state index contributed by atoms with van der Waals surface area (Å²) in [6.45, 7) is 5.91. The van der Waals surface area contributed by atoms with Crippen LogP contribution in [-0.4, -0.2) is 17.6 Å². The molecule has 1 aromatic heterocycles. The molecule has 0 aliphatic carbocycles. The third kappa shape index (κ3) is 3.74. The number of carbonyl (C=O) groups excluding carboxylic acids is 1. The minimum Gasteiger partial charge on any atom is -0.361 e. The lowest BCUT2D eigenvalue weighted by atomic mass is 10.2. The van der Waals surface area contributed by atoms with Crippen LogP contribution in [0.5, 0.6) is 0 Å². The minimum absolute atomic E-state index is 0.0932. The molecule has 1 N–H and O–H groups in total. The number of hydrogen-bond acceptors (Lipinski definition) is 4. The zero-order valence-corrected chi connectivity index (χ0v) is 12.1. The van der Waals surface area contributed by atoms with Crippen LogP contribution in [0.3, 0.4) is 0 Å². The molecule has 1 heterocycles. The van der Waals surface area contributed by atoms with E-state index in [0.29, 0.717) is 17.9 Å². The van der Waals surface area contributed by atoms with Crippen molar-refractivity contribution >= 4 is 17.7 Å². The summed E-state index contributed by atoms with van der Waals surface area (Å²) >= 11 is 1.57. The molecule has 104 valence electrons. The van der Waals surface area contributed by atoms with E-state index in [1.165, 1.54) is 0 Å². The fourth-order valence-corrected chi connectivity index (χ4v) is 2.61. The molecule has 0 atom stereocenters. The summed E-state index contributed by atoms with van der Waals surface area (Å²) < 4.78 is 5.03. The van der Waals surface area contributed by atoms with Gasteiger partial charge in [-0.1, -0.05) is 23.4 Å². The molecule has 1 aromatic carbocycles. The van der Waals surface area contributed by atoms with Crippen molar-refractivity contribution in [1.29, 1.82) is 0 Å². The summed E-state index contributed by atoms with van der Waals surface area (Å²) in [7, 11) is 0. The number of hydrogen-bond donors (Lipinski definition) is 1. The molecule has 0 unspecified atom stereocenters. The van der Waals surface area contributed by atoms with Crippen LogP contribution in [0.1, 0.15) is 21.8 Å². The van der Waals surface area contributed by atoms with E-state index in [4.69, 9.17) is 4.52 Å². The Morgan fingerprint density at radius 3 is 3.00 bits per heavy atom. The first-order valence-electron chi connectivity index (χ1n) is 6.24. The van der Waals surface area contributed by atoms with Gasteiger partial charge in [0.1, 0.15) is 5.76 Å². The van der Waals surface area contributed by atoms with Crippen LogP contribution in [0.4, 0.5) is 0 Å². The van der Waals surface area contributed by atoms with E-state index >= 15 is 0 Å². The van der Waals surface area contributed by atoms with Crippen LogP contribution >= 0.6 is 11.8 Å². The predicted molar refractivity (Wildman–Crippen MR) is 79.8 cm³/mol. The van der Waals surface area contributed by atoms with Crippen molar-refractivity contribution in [3.63, 3.8) is 0 Å². The Morgan fingerprint density at radius 1 is 1.50 bits per heavy atom. The van der Waals surface area contributed by atoms with E-state index in [1.54, 1.807) is 17.8 Å². The van der Waals surface area contributed by atoms with E-state index in [2.05, 4.69) is 17.1 Å². The third-order valence-corrected chi connectivity index (χ3v) is 3.70. The van der Waals surface area contributed by atoms with E-state index < -0.39 is 0 Å². The minimum atomic E-state index is -0.0932. The van der Waals surface area contributed by atoms with Gasteiger partial charge in [0, 0.05) is 23.3 Å². The number of nitrogens with one attached hydrogen (secondary N) is 1. The van der Waals surface area contributed by atoms with Crippen LogP contribution in [0.2, 0.25) is 0 Å². The molecule has 2 rings (SSSR count). The van der Waals surface area contributed by atoms with E-state index in [0.717, 1.165) is 16.3 Å². The van der Waals surface area contributed by atoms with E-state index in [1.807, 2.05) is 37.3 Å². The zero-order chi connectivity index (χ0) is 14.4. The Balaban J connectivity index is 2.07. The first-order valence-corrected chi connectivity index (χ1v) is 7.22. The fourth-order valence-electron chi connectivity index (χ4n) is 1.68. The summed E-state index contributed by atoms with van der Waals surface area (Å²) in [6, 6.07) is 9.41. The lowest BCUT2D eigenvalue weighted by Gasteiger charge is -2.08. The van der Waals surface area contributed by atoms with Gasteiger partial charge in [-0.3, -0.25) is 4.79 Å². The topological polar surface area (TPSA) is 55.1 Å². The van der Waals surface area contributed by atoms with Crippen molar-refractivity contribution in [3.05, 3.63) is 60.0 Å². The summed E-state index contributed by atoms with van der Waals surface area (Å²) in [5, 5.41) is 6.73. The smallest absolute Gasteiger partial charge is 0.252 e. The summed E-state index contributed by atoms with van der Waals surface area (Å²) in [6.07, 6.45) is 1.66. The number of carbonyl (C=O) groups is 1. The van der Waals surface area contributed by atoms with Gasteiger partial charge in [-0.05, 0) is 19.1 Å². The number of nitrogens with zero attached hydrogens (tertiary/aromatic N) is 1. The van der Waals surface area contributed by atoms with Gasteiger partial charge in [0.15, 0.2) is 0 Å². The zero-order valence-electron chi connectivity index (χ0n) is 11.3. The molecule has 20 heavy (non-hydrogen) atoms. The molecule has 1 amide bonds. The average Bonchev–Trinajstić information content (AvgIpc) is 2.88. The molecule has 0 aliphatic rings. The third-order valence-electron chi connectivity index (χ3n) is 2.59. The number of amides is 1. The average molecular weight is 288 g/mol. The summed E-state index contributed by atoms with van der Waals surface area (Å²) in [5.41, 5.74) is 1.54. The SMILES string of the molecule is C=CCNC(=O)c1ccccc1SCc1cc(C)on1. The maximum atomic E-state index is 12.0. The number of rotatable bonds is 6. The maximum absolute atomic E-state index is 12.0. The van der Waals surface area contributed by atoms with Gasteiger partial charge in [0.05, 0.1) is 11.3 Å². The van der Waals surface area contributed by atoms with Crippen LogP contribution < -0.4 is 5.32 Å².